The summed E-state index contributed by atoms with van der Waals surface area (Å²) < 4.78 is 13.4. The summed E-state index contributed by atoms with van der Waals surface area (Å²) in [5.74, 6) is -3.32. The zero-order valence-electron chi connectivity index (χ0n) is 27.2. The number of ether oxygens (including phenoxy) is 2. The third kappa shape index (κ3) is 6.43. The van der Waals surface area contributed by atoms with Crippen molar-refractivity contribution in [2.24, 2.45) is 17.8 Å². The van der Waals surface area contributed by atoms with Crippen molar-refractivity contribution in [1.82, 2.24) is 15.1 Å². The van der Waals surface area contributed by atoms with E-state index in [1.807, 2.05) is 67.3 Å². The minimum atomic E-state index is -1.41. The van der Waals surface area contributed by atoms with Crippen molar-refractivity contribution in [2.45, 2.75) is 101 Å². The van der Waals surface area contributed by atoms with Crippen LogP contribution in [0.3, 0.4) is 0 Å². The van der Waals surface area contributed by atoms with Crippen LogP contribution in [0.15, 0.2) is 53.0 Å². The fourth-order valence-electron chi connectivity index (χ4n) is 8.32. The molecule has 10 nitrogen and oxygen atoms in total. The molecule has 1 spiro atoms. The molecular formula is C36H46BrN3O7. The number of nitrogens with zero attached hydrogens (tertiary/aromatic N) is 2. The Morgan fingerprint density at radius 2 is 1.79 bits per heavy atom. The molecule has 3 fully saturated rings. The number of aliphatic hydroxyl groups is 1. The van der Waals surface area contributed by atoms with Crippen LogP contribution in [0.5, 0.6) is 0 Å². The van der Waals surface area contributed by atoms with Crippen LogP contribution >= 0.6 is 15.9 Å². The highest BCUT2D eigenvalue weighted by atomic mass is 79.9. The van der Waals surface area contributed by atoms with E-state index in [1.54, 1.807) is 4.90 Å². The molecule has 11 heteroatoms. The number of carbonyl (C=O) groups is 4. The molecule has 4 heterocycles. The molecule has 3 amide bonds. The van der Waals surface area contributed by atoms with E-state index in [-0.39, 0.29) is 49.3 Å². The number of rotatable bonds is 6. The average Bonchev–Trinajstić information content (AvgIpc) is 3.66. The minimum absolute atomic E-state index is 0.0187. The van der Waals surface area contributed by atoms with Crippen LogP contribution < -0.4 is 5.32 Å². The van der Waals surface area contributed by atoms with Crippen LogP contribution in [-0.4, -0.2) is 88.1 Å². The number of carbonyl (C=O) groups excluding carboxylic acids is 4. The Morgan fingerprint density at radius 3 is 2.49 bits per heavy atom. The van der Waals surface area contributed by atoms with Crippen molar-refractivity contribution >= 4 is 39.6 Å². The lowest BCUT2D eigenvalue weighted by molar-refractivity contribution is -0.161. The van der Waals surface area contributed by atoms with Gasteiger partial charge in [0.15, 0.2) is 0 Å². The summed E-state index contributed by atoms with van der Waals surface area (Å²) in [5.41, 5.74) is -0.701. The lowest BCUT2D eigenvalue weighted by Crippen LogP contribution is -2.60. The summed E-state index contributed by atoms with van der Waals surface area (Å²) in [7, 11) is 0. The number of hydrogen-bond donors (Lipinski definition) is 2. The fourth-order valence-corrected chi connectivity index (χ4v) is 9.05. The molecule has 47 heavy (non-hydrogen) atoms. The second-order valence-electron chi connectivity index (χ2n) is 14.0. The molecule has 6 rings (SSSR count). The normalized spacial score (nSPS) is 33.5. The predicted octanol–water partition coefficient (Wildman–Crippen LogP) is 4.18. The Hall–Kier alpha value is -3.02. The van der Waals surface area contributed by atoms with Crippen LogP contribution in [0, 0.1) is 17.8 Å². The fraction of sp³-hybridized carbons (Fsp3) is 0.611. The summed E-state index contributed by atoms with van der Waals surface area (Å²) in [6.07, 6.45) is 10.1. The van der Waals surface area contributed by atoms with Crippen molar-refractivity contribution in [3.63, 3.8) is 0 Å². The molecule has 4 aliphatic heterocycles. The van der Waals surface area contributed by atoms with Gasteiger partial charge in [0, 0.05) is 23.5 Å². The summed E-state index contributed by atoms with van der Waals surface area (Å²) in [6, 6.07) is 7.48. The van der Waals surface area contributed by atoms with Gasteiger partial charge in [-0.05, 0) is 43.2 Å². The van der Waals surface area contributed by atoms with Gasteiger partial charge in [0.05, 0.1) is 25.1 Å². The number of nitrogens with one attached hydrogen (secondary N) is 1. The number of aliphatic hydroxyl groups excluding tert-OH is 1. The van der Waals surface area contributed by atoms with Crippen molar-refractivity contribution in [2.75, 3.05) is 19.7 Å². The monoisotopic (exact) mass is 711 g/mol. The number of allylic oxidation sites excluding steroid dienone is 1. The Kier molecular flexibility index (Phi) is 10.2. The molecule has 2 saturated heterocycles. The van der Waals surface area contributed by atoms with Gasteiger partial charge in [-0.15, -0.1) is 0 Å². The molecule has 254 valence electrons. The van der Waals surface area contributed by atoms with E-state index in [9.17, 15) is 19.5 Å². The van der Waals surface area contributed by atoms with Gasteiger partial charge in [-0.25, -0.2) is 0 Å². The SMILES string of the molecule is CC(C)C[C@H](CO)N1C(=O)[C@H]2[C@@H]3C(=O)O[C@H](c4ccccc4)CNC(=O)CC/C=C\CN(C4CCCCC4)C(=O)[C@H]1[C@@]21C=C(Br)[C@@H]3O1. The first-order valence-electron chi connectivity index (χ1n) is 17.1. The van der Waals surface area contributed by atoms with Crippen molar-refractivity contribution < 1.29 is 33.8 Å². The van der Waals surface area contributed by atoms with Crippen molar-refractivity contribution in [3.8, 4) is 0 Å². The first-order valence-corrected chi connectivity index (χ1v) is 17.9. The number of halogens is 1. The predicted molar refractivity (Wildman–Crippen MR) is 178 cm³/mol. The molecule has 7 atom stereocenters. The van der Waals surface area contributed by atoms with E-state index in [2.05, 4.69) is 21.2 Å². The summed E-state index contributed by atoms with van der Waals surface area (Å²) in [6.45, 7) is 4.11. The minimum Gasteiger partial charge on any atom is -0.455 e. The number of hydrogen-bond acceptors (Lipinski definition) is 7. The van der Waals surface area contributed by atoms with Gasteiger partial charge in [-0.2, -0.15) is 0 Å². The highest BCUT2D eigenvalue weighted by Crippen LogP contribution is 2.59. The van der Waals surface area contributed by atoms with Gasteiger partial charge >= 0.3 is 5.97 Å². The third-order valence-electron chi connectivity index (χ3n) is 10.4. The Balaban J connectivity index is 1.46. The van der Waals surface area contributed by atoms with E-state index in [4.69, 9.17) is 9.47 Å². The van der Waals surface area contributed by atoms with Crippen LogP contribution in [0.1, 0.15) is 76.9 Å². The maximum Gasteiger partial charge on any atom is 0.313 e. The van der Waals surface area contributed by atoms with Gasteiger partial charge < -0.3 is 29.7 Å². The molecule has 1 aliphatic carbocycles. The number of likely N-dealkylation sites (tertiary alicyclic amines) is 1. The van der Waals surface area contributed by atoms with E-state index in [1.165, 1.54) is 0 Å². The standard InChI is InChI=1S/C36H46BrN3O7/c1-22(2)18-25(21-41)40-32-34(44)39(24-14-8-4-9-15-24)17-11-5-10-16-28(42)38-20-27(23-12-6-3-7-13-23)46-35(45)29-30(33(40)43)36(32)19-26(37)31(29)47-36/h3,5-7,11-13,19,22,24-25,27,29-32,41H,4,8-10,14-18,20-21H2,1-2H3,(H,38,42)/b11-5-/t25-,27+,29+,30-,31+,32+,36-/m1/s1. The molecule has 1 aromatic rings. The molecule has 1 saturated carbocycles. The molecule has 5 aliphatic rings. The molecule has 0 radical (unpaired) electrons. The van der Waals surface area contributed by atoms with Gasteiger partial charge in [0.25, 0.3) is 0 Å². The smallest absolute Gasteiger partial charge is 0.313 e. The number of amides is 3. The summed E-state index contributed by atoms with van der Waals surface area (Å²) >= 11 is 3.63. The lowest BCUT2D eigenvalue weighted by atomic mass is 9.74. The average molecular weight is 713 g/mol. The second kappa shape index (κ2) is 14.2. The zero-order valence-corrected chi connectivity index (χ0v) is 28.8. The summed E-state index contributed by atoms with van der Waals surface area (Å²) in [5, 5.41) is 13.6. The number of fused-ring (bicyclic) bond motifs is 2. The Bertz CT molecular complexity index is 1410. The van der Waals surface area contributed by atoms with Gasteiger partial charge in [0.2, 0.25) is 17.7 Å². The molecule has 2 N–H and O–H groups in total. The maximum atomic E-state index is 15.1. The van der Waals surface area contributed by atoms with Crippen LogP contribution in [0.4, 0.5) is 0 Å². The van der Waals surface area contributed by atoms with Crippen LogP contribution in [0.25, 0.3) is 0 Å². The Morgan fingerprint density at radius 1 is 1.04 bits per heavy atom. The Labute approximate surface area is 285 Å². The number of cyclic esters (lactones) is 1. The first kappa shape index (κ1) is 33.9. The topological polar surface area (TPSA) is 125 Å². The van der Waals surface area contributed by atoms with Crippen LogP contribution in [0.2, 0.25) is 0 Å². The van der Waals surface area contributed by atoms with Crippen molar-refractivity contribution in [1.29, 1.82) is 0 Å². The third-order valence-corrected chi connectivity index (χ3v) is 11.1. The first-order chi connectivity index (χ1) is 22.7. The molecule has 5 bridgehead atoms. The van der Waals surface area contributed by atoms with Gasteiger partial charge in [-0.3, -0.25) is 19.2 Å². The maximum absolute atomic E-state index is 15.1. The largest absolute Gasteiger partial charge is 0.455 e. The van der Waals surface area contributed by atoms with Gasteiger partial charge in [0.1, 0.15) is 29.8 Å². The molecule has 0 aromatic heterocycles. The quantitative estimate of drug-likeness (QED) is 0.335. The lowest BCUT2D eigenvalue weighted by Gasteiger charge is -2.42. The number of benzene rings is 1. The van der Waals surface area contributed by atoms with Crippen molar-refractivity contribution in [3.05, 3.63) is 58.6 Å². The zero-order chi connectivity index (χ0) is 33.3. The highest BCUT2D eigenvalue weighted by molar-refractivity contribution is 9.11. The molecular weight excluding hydrogens is 666 g/mol. The molecule has 0 unspecified atom stereocenters. The molecule has 1 aromatic carbocycles. The van der Waals surface area contributed by atoms with E-state index in [0.717, 1.165) is 32.1 Å². The summed E-state index contributed by atoms with van der Waals surface area (Å²) in [4.78, 5) is 60.3. The van der Waals surface area contributed by atoms with Gasteiger partial charge in [-0.1, -0.05) is 91.5 Å². The van der Waals surface area contributed by atoms with Crippen LogP contribution in [-0.2, 0) is 28.7 Å². The van der Waals surface area contributed by atoms with E-state index < -0.39 is 47.7 Å². The highest BCUT2D eigenvalue weighted by Gasteiger charge is 2.75. The van der Waals surface area contributed by atoms with E-state index >= 15 is 4.79 Å². The second-order valence-corrected chi connectivity index (χ2v) is 14.9. The number of esters is 1. The van der Waals surface area contributed by atoms with E-state index in [0.29, 0.717) is 29.4 Å².